The van der Waals surface area contributed by atoms with Crippen LogP contribution in [-0.2, 0) is 9.59 Å². The molecule has 0 N–H and O–H groups in total. The average molecular weight is 254 g/mol. The van der Waals surface area contributed by atoms with Gasteiger partial charge in [0.2, 0.25) is 11.8 Å². The fraction of sp³-hybridized carbons (Fsp3) is 0.857. The van der Waals surface area contributed by atoms with Crippen LogP contribution in [-0.4, -0.2) is 49.8 Å². The Morgan fingerprint density at radius 3 is 1.44 bits per heavy atom. The largest absolute Gasteiger partial charge is 0.349 e. The third kappa shape index (κ3) is 4.31. The predicted octanol–water partition coefficient (Wildman–Crippen LogP) is 1.75. The molecule has 0 aromatic rings. The van der Waals surface area contributed by atoms with Crippen LogP contribution in [0, 0.1) is 11.8 Å². The molecular formula is C14H26N2O2. The maximum Gasteiger partial charge on any atom is 0.222 e. The summed E-state index contributed by atoms with van der Waals surface area (Å²) in [6, 6.07) is 0. The number of nitrogens with zero attached hydrogens (tertiary/aromatic N) is 2. The summed E-state index contributed by atoms with van der Waals surface area (Å²) in [5.41, 5.74) is 0. The number of carbonyl (C=O) groups excluding carboxylic acids is 2. The van der Waals surface area contributed by atoms with Gasteiger partial charge in [0, 0.05) is 41.0 Å². The van der Waals surface area contributed by atoms with Crippen LogP contribution >= 0.6 is 0 Å². The van der Waals surface area contributed by atoms with E-state index in [1.54, 1.807) is 38.0 Å². The van der Waals surface area contributed by atoms with Crippen molar-refractivity contribution in [3.05, 3.63) is 0 Å². The van der Waals surface area contributed by atoms with Crippen molar-refractivity contribution in [2.45, 2.75) is 38.5 Å². The highest BCUT2D eigenvalue weighted by Crippen LogP contribution is 2.35. The second kappa shape index (κ2) is 6.76. The van der Waals surface area contributed by atoms with Crippen LogP contribution in [0.2, 0.25) is 0 Å². The summed E-state index contributed by atoms with van der Waals surface area (Å²) >= 11 is 0. The van der Waals surface area contributed by atoms with E-state index in [1.807, 2.05) is 0 Å². The molecule has 1 rings (SSSR count). The van der Waals surface area contributed by atoms with Gasteiger partial charge in [-0.15, -0.1) is 0 Å². The van der Waals surface area contributed by atoms with E-state index in [9.17, 15) is 9.59 Å². The topological polar surface area (TPSA) is 40.6 Å². The molecule has 1 aliphatic carbocycles. The van der Waals surface area contributed by atoms with Crippen LogP contribution in [0.4, 0.5) is 0 Å². The summed E-state index contributed by atoms with van der Waals surface area (Å²) in [5.74, 6) is 1.14. The number of amides is 2. The van der Waals surface area contributed by atoms with Crippen molar-refractivity contribution >= 4 is 11.8 Å². The molecule has 1 saturated carbocycles. The van der Waals surface area contributed by atoms with E-state index in [2.05, 4.69) is 0 Å². The Morgan fingerprint density at radius 2 is 1.17 bits per heavy atom. The van der Waals surface area contributed by atoms with Crippen LogP contribution in [0.1, 0.15) is 38.5 Å². The van der Waals surface area contributed by atoms with Crippen LogP contribution in [0.15, 0.2) is 0 Å². The van der Waals surface area contributed by atoms with E-state index in [4.69, 9.17) is 0 Å². The van der Waals surface area contributed by atoms with Crippen LogP contribution in [0.5, 0.6) is 0 Å². The molecule has 2 amide bonds. The molecule has 4 nitrogen and oxygen atoms in total. The molecular weight excluding hydrogens is 228 g/mol. The summed E-state index contributed by atoms with van der Waals surface area (Å²) in [6.07, 6.45) is 5.75. The van der Waals surface area contributed by atoms with E-state index >= 15 is 0 Å². The summed E-state index contributed by atoms with van der Waals surface area (Å²) in [6.45, 7) is 0. The highest BCUT2D eigenvalue weighted by atomic mass is 16.2. The zero-order chi connectivity index (χ0) is 13.7. The standard InChI is InChI=1S/C14H26N2O2/c1-15(2)13(17)9-11-7-5-6-8-12(11)10-14(18)16(3)4/h11-12H,5-10H2,1-4H3/t11-,12-/m0/s1. The maximum atomic E-state index is 11.8. The molecule has 1 fully saturated rings. The first kappa shape index (κ1) is 15.0. The molecule has 2 atom stereocenters. The first-order chi connectivity index (χ1) is 8.41. The molecule has 0 bridgehead atoms. The quantitative estimate of drug-likeness (QED) is 0.767. The minimum atomic E-state index is 0.184. The van der Waals surface area contributed by atoms with Crippen molar-refractivity contribution in [1.29, 1.82) is 0 Å². The van der Waals surface area contributed by atoms with Gasteiger partial charge in [0.05, 0.1) is 0 Å². The Kier molecular flexibility index (Phi) is 5.63. The predicted molar refractivity (Wildman–Crippen MR) is 72.1 cm³/mol. The van der Waals surface area contributed by atoms with Crippen molar-refractivity contribution < 1.29 is 9.59 Å². The normalized spacial score (nSPS) is 23.6. The zero-order valence-electron chi connectivity index (χ0n) is 12.1. The van der Waals surface area contributed by atoms with Gasteiger partial charge in [0.1, 0.15) is 0 Å². The van der Waals surface area contributed by atoms with E-state index in [0.717, 1.165) is 12.8 Å². The molecule has 0 spiro atoms. The lowest BCUT2D eigenvalue weighted by atomic mass is 9.75. The van der Waals surface area contributed by atoms with Gasteiger partial charge in [-0.05, 0) is 24.7 Å². The lowest BCUT2D eigenvalue weighted by Crippen LogP contribution is -2.32. The second-order valence-electron chi connectivity index (χ2n) is 5.79. The van der Waals surface area contributed by atoms with E-state index in [-0.39, 0.29) is 11.8 Å². The Morgan fingerprint density at radius 1 is 0.833 bits per heavy atom. The van der Waals surface area contributed by atoms with Crippen molar-refractivity contribution in [1.82, 2.24) is 9.80 Å². The Labute approximate surface area is 110 Å². The van der Waals surface area contributed by atoms with Crippen molar-refractivity contribution in [3.63, 3.8) is 0 Å². The molecule has 0 aliphatic heterocycles. The van der Waals surface area contributed by atoms with E-state index in [0.29, 0.717) is 24.7 Å². The van der Waals surface area contributed by atoms with Crippen LogP contribution < -0.4 is 0 Å². The molecule has 104 valence electrons. The smallest absolute Gasteiger partial charge is 0.222 e. The molecule has 0 saturated heterocycles. The summed E-state index contributed by atoms with van der Waals surface area (Å²) < 4.78 is 0. The minimum absolute atomic E-state index is 0.184. The zero-order valence-corrected chi connectivity index (χ0v) is 12.1. The van der Waals surface area contributed by atoms with Gasteiger partial charge in [0.25, 0.3) is 0 Å². The summed E-state index contributed by atoms with van der Waals surface area (Å²) in [7, 11) is 7.19. The molecule has 0 unspecified atom stereocenters. The Bertz CT molecular complexity index is 270. The Hall–Kier alpha value is -1.06. The van der Waals surface area contributed by atoms with Crippen LogP contribution in [0.3, 0.4) is 0 Å². The van der Waals surface area contributed by atoms with Gasteiger partial charge < -0.3 is 9.80 Å². The number of rotatable bonds is 4. The SMILES string of the molecule is CN(C)C(=O)C[C@@H]1CCCC[C@H]1CC(=O)N(C)C. The van der Waals surface area contributed by atoms with Gasteiger partial charge in [-0.1, -0.05) is 12.8 Å². The first-order valence-electron chi connectivity index (χ1n) is 6.82. The van der Waals surface area contributed by atoms with Gasteiger partial charge >= 0.3 is 0 Å². The molecule has 0 aromatic carbocycles. The highest BCUT2D eigenvalue weighted by molar-refractivity contribution is 5.77. The third-order valence-corrected chi connectivity index (χ3v) is 3.94. The van der Waals surface area contributed by atoms with Gasteiger partial charge in [0.15, 0.2) is 0 Å². The number of hydrogen-bond acceptors (Lipinski definition) is 2. The fourth-order valence-corrected chi connectivity index (χ4v) is 2.64. The monoisotopic (exact) mass is 254 g/mol. The summed E-state index contributed by atoms with van der Waals surface area (Å²) in [4.78, 5) is 26.9. The highest BCUT2D eigenvalue weighted by Gasteiger charge is 2.29. The Balaban J connectivity index is 2.57. The molecule has 0 radical (unpaired) electrons. The molecule has 18 heavy (non-hydrogen) atoms. The van der Waals surface area contributed by atoms with Crippen LogP contribution in [0.25, 0.3) is 0 Å². The lowest BCUT2D eigenvalue weighted by molar-refractivity contribution is -0.133. The fourth-order valence-electron chi connectivity index (χ4n) is 2.64. The second-order valence-corrected chi connectivity index (χ2v) is 5.79. The number of hydrogen-bond donors (Lipinski definition) is 0. The maximum absolute atomic E-state index is 11.8. The van der Waals surface area contributed by atoms with Gasteiger partial charge in [-0.2, -0.15) is 0 Å². The minimum Gasteiger partial charge on any atom is -0.349 e. The van der Waals surface area contributed by atoms with Crippen molar-refractivity contribution in [3.8, 4) is 0 Å². The molecule has 1 aliphatic rings. The third-order valence-electron chi connectivity index (χ3n) is 3.94. The lowest BCUT2D eigenvalue weighted by Gasteiger charge is -2.32. The van der Waals surface area contributed by atoms with Gasteiger partial charge in [-0.25, -0.2) is 0 Å². The van der Waals surface area contributed by atoms with E-state index < -0.39 is 0 Å². The van der Waals surface area contributed by atoms with Crippen molar-refractivity contribution in [2.75, 3.05) is 28.2 Å². The average Bonchev–Trinajstić information content (AvgIpc) is 2.31. The molecule has 0 aromatic heterocycles. The molecule has 4 heteroatoms. The van der Waals surface area contributed by atoms with E-state index in [1.165, 1.54) is 12.8 Å². The summed E-state index contributed by atoms with van der Waals surface area (Å²) in [5, 5.41) is 0. The first-order valence-corrected chi connectivity index (χ1v) is 6.82. The molecule has 0 heterocycles. The number of carbonyl (C=O) groups is 2. The van der Waals surface area contributed by atoms with Gasteiger partial charge in [-0.3, -0.25) is 9.59 Å². The van der Waals surface area contributed by atoms with Crippen molar-refractivity contribution in [2.24, 2.45) is 11.8 Å².